The lowest BCUT2D eigenvalue weighted by molar-refractivity contribution is -0.143. The van der Waals surface area contributed by atoms with E-state index >= 15 is 0 Å². The van der Waals surface area contributed by atoms with Crippen LogP contribution in [-0.4, -0.2) is 69.7 Å². The van der Waals surface area contributed by atoms with Crippen molar-refractivity contribution in [3.63, 3.8) is 0 Å². The average Bonchev–Trinajstić information content (AvgIpc) is 2.76. The van der Waals surface area contributed by atoms with Gasteiger partial charge in [-0.25, -0.2) is 4.79 Å². The second-order valence-corrected chi connectivity index (χ2v) is 8.85. The van der Waals surface area contributed by atoms with Crippen molar-refractivity contribution in [1.29, 1.82) is 0 Å². The van der Waals surface area contributed by atoms with Crippen molar-refractivity contribution >= 4 is 42.2 Å². The quantitative estimate of drug-likeness (QED) is 0.139. The maximum absolute atomic E-state index is 12.9. The first-order valence-electron chi connectivity index (χ1n) is 10.9. The summed E-state index contributed by atoms with van der Waals surface area (Å²) in [6.45, 7) is 3.79. The van der Waals surface area contributed by atoms with Crippen LogP contribution in [0.1, 0.15) is 32.3 Å². The molecular weight excluding hydrogens is 478 g/mol. The van der Waals surface area contributed by atoms with Crippen molar-refractivity contribution in [2.75, 3.05) is 5.75 Å². The van der Waals surface area contributed by atoms with Crippen LogP contribution in [0.5, 0.6) is 5.75 Å². The van der Waals surface area contributed by atoms with Gasteiger partial charge in [0.2, 0.25) is 23.6 Å². The van der Waals surface area contributed by atoms with Gasteiger partial charge in [-0.15, -0.1) is 0 Å². The Morgan fingerprint density at radius 1 is 0.914 bits per heavy atom. The monoisotopic (exact) mass is 511 g/mol. The molecule has 12 nitrogen and oxygen atoms in total. The standard InChI is InChI=1S/C22H33N5O7S/c1-11(2)7-14(23)19(30)27-17(10-35)21(32)25-15(8-12-3-5-13(28)6-4-12)20(31)26-16(22(33)34)9-18(24)29/h3-6,11,14-17,28,35H,7-10,23H2,1-2H3,(H2,24,29)(H,25,32)(H,26,31)(H,27,30)(H,33,34). The Morgan fingerprint density at radius 2 is 1.43 bits per heavy atom. The zero-order chi connectivity index (χ0) is 26.7. The molecule has 4 amide bonds. The second-order valence-electron chi connectivity index (χ2n) is 8.48. The molecule has 4 atom stereocenters. The molecule has 9 N–H and O–H groups in total. The highest BCUT2D eigenvalue weighted by atomic mass is 32.1. The van der Waals surface area contributed by atoms with Gasteiger partial charge < -0.3 is 37.6 Å². The van der Waals surface area contributed by atoms with Gasteiger partial charge >= 0.3 is 5.97 Å². The average molecular weight is 512 g/mol. The zero-order valence-corrected chi connectivity index (χ0v) is 20.5. The number of amides is 4. The lowest BCUT2D eigenvalue weighted by atomic mass is 10.0. The Morgan fingerprint density at radius 3 is 1.91 bits per heavy atom. The molecule has 0 heterocycles. The maximum Gasteiger partial charge on any atom is 0.326 e. The predicted molar refractivity (Wildman–Crippen MR) is 130 cm³/mol. The Hall–Kier alpha value is -3.32. The van der Waals surface area contributed by atoms with E-state index in [1.807, 2.05) is 13.8 Å². The fourth-order valence-electron chi connectivity index (χ4n) is 3.11. The third-order valence-electron chi connectivity index (χ3n) is 4.91. The summed E-state index contributed by atoms with van der Waals surface area (Å²) in [5.41, 5.74) is 11.5. The summed E-state index contributed by atoms with van der Waals surface area (Å²) < 4.78 is 0. The van der Waals surface area contributed by atoms with E-state index in [0.717, 1.165) is 0 Å². The number of carboxylic acid groups (broad SMARTS) is 1. The van der Waals surface area contributed by atoms with E-state index in [2.05, 4.69) is 28.6 Å². The van der Waals surface area contributed by atoms with Crippen molar-refractivity contribution in [3.8, 4) is 5.75 Å². The molecule has 0 fully saturated rings. The molecule has 0 saturated carbocycles. The van der Waals surface area contributed by atoms with E-state index < -0.39 is 60.2 Å². The molecule has 1 aromatic carbocycles. The SMILES string of the molecule is CC(C)CC(N)C(=O)NC(CS)C(=O)NC(Cc1ccc(O)cc1)C(=O)NC(CC(N)=O)C(=O)O. The van der Waals surface area contributed by atoms with Crippen molar-refractivity contribution in [3.05, 3.63) is 29.8 Å². The summed E-state index contributed by atoms with van der Waals surface area (Å²) in [6.07, 6.45) is -0.333. The van der Waals surface area contributed by atoms with Crippen molar-refractivity contribution in [2.24, 2.45) is 17.4 Å². The Bertz CT molecular complexity index is 910. The smallest absolute Gasteiger partial charge is 0.326 e. The molecule has 0 saturated heterocycles. The molecule has 0 radical (unpaired) electrons. The Kier molecular flexibility index (Phi) is 12.0. The molecule has 0 aromatic heterocycles. The van der Waals surface area contributed by atoms with Crippen LogP contribution in [0.3, 0.4) is 0 Å². The highest BCUT2D eigenvalue weighted by molar-refractivity contribution is 7.80. The number of carboxylic acids is 1. The van der Waals surface area contributed by atoms with Crippen molar-refractivity contribution in [1.82, 2.24) is 16.0 Å². The van der Waals surface area contributed by atoms with E-state index in [0.29, 0.717) is 12.0 Å². The van der Waals surface area contributed by atoms with Gasteiger partial charge in [0, 0.05) is 12.2 Å². The molecule has 4 unspecified atom stereocenters. The molecule has 1 aromatic rings. The van der Waals surface area contributed by atoms with Crippen molar-refractivity contribution < 1.29 is 34.2 Å². The van der Waals surface area contributed by atoms with Gasteiger partial charge in [-0.05, 0) is 30.0 Å². The van der Waals surface area contributed by atoms with E-state index in [1.165, 1.54) is 24.3 Å². The minimum absolute atomic E-state index is 0.0122. The minimum atomic E-state index is -1.60. The van der Waals surface area contributed by atoms with Crippen LogP contribution >= 0.6 is 12.6 Å². The van der Waals surface area contributed by atoms with E-state index in [4.69, 9.17) is 11.5 Å². The van der Waals surface area contributed by atoms with Gasteiger partial charge in [0.25, 0.3) is 0 Å². The number of primary amides is 1. The summed E-state index contributed by atoms with van der Waals surface area (Å²) in [5, 5.41) is 25.9. The number of nitrogens with one attached hydrogen (secondary N) is 3. The number of hydrogen-bond acceptors (Lipinski definition) is 8. The number of aliphatic carboxylic acids is 1. The Balaban J connectivity index is 3.06. The highest BCUT2D eigenvalue weighted by Crippen LogP contribution is 2.12. The fourth-order valence-corrected chi connectivity index (χ4v) is 3.37. The van der Waals surface area contributed by atoms with Gasteiger partial charge in [-0.2, -0.15) is 12.6 Å². The van der Waals surface area contributed by atoms with E-state index in [1.54, 1.807) is 0 Å². The normalized spacial score (nSPS) is 14.3. The third kappa shape index (κ3) is 10.6. The van der Waals surface area contributed by atoms with Gasteiger partial charge in [0.05, 0.1) is 12.5 Å². The number of phenolic OH excluding ortho intramolecular Hbond substituents is 1. The van der Waals surface area contributed by atoms with Gasteiger partial charge in [0.1, 0.15) is 23.9 Å². The maximum atomic E-state index is 12.9. The third-order valence-corrected chi connectivity index (χ3v) is 5.27. The highest BCUT2D eigenvalue weighted by Gasteiger charge is 2.30. The molecule has 0 aliphatic heterocycles. The first-order chi connectivity index (χ1) is 16.3. The largest absolute Gasteiger partial charge is 0.508 e. The lowest BCUT2D eigenvalue weighted by Gasteiger charge is -2.24. The number of thiol groups is 1. The number of rotatable bonds is 14. The van der Waals surface area contributed by atoms with Crippen LogP contribution in [-0.2, 0) is 30.4 Å². The zero-order valence-electron chi connectivity index (χ0n) is 19.6. The number of phenols is 1. The molecule has 194 valence electrons. The molecule has 13 heteroatoms. The number of hydrogen-bond donors (Lipinski definition) is 8. The summed E-state index contributed by atoms with van der Waals surface area (Å²) in [4.78, 5) is 60.7. The number of aromatic hydroxyl groups is 1. The minimum Gasteiger partial charge on any atom is -0.508 e. The molecule has 0 spiro atoms. The summed E-state index contributed by atoms with van der Waals surface area (Å²) in [5.74, 6) is -4.56. The van der Waals surface area contributed by atoms with Gasteiger partial charge in [-0.3, -0.25) is 19.2 Å². The number of nitrogens with two attached hydrogens (primary N) is 2. The molecule has 1 rings (SSSR count). The van der Waals surface area contributed by atoms with Crippen LogP contribution in [0.25, 0.3) is 0 Å². The van der Waals surface area contributed by atoms with Crippen LogP contribution in [0.4, 0.5) is 0 Å². The molecule has 0 aliphatic carbocycles. The van der Waals surface area contributed by atoms with Crippen LogP contribution in [0.15, 0.2) is 24.3 Å². The summed E-state index contributed by atoms with van der Waals surface area (Å²) in [6, 6.07) is 0.939. The summed E-state index contributed by atoms with van der Waals surface area (Å²) in [7, 11) is 0. The Labute approximate surface area is 208 Å². The van der Waals surface area contributed by atoms with Crippen LogP contribution in [0.2, 0.25) is 0 Å². The van der Waals surface area contributed by atoms with Gasteiger partial charge in [0.15, 0.2) is 0 Å². The van der Waals surface area contributed by atoms with E-state index in [-0.39, 0.29) is 23.8 Å². The van der Waals surface area contributed by atoms with E-state index in [9.17, 15) is 34.2 Å². The van der Waals surface area contributed by atoms with Crippen LogP contribution in [0, 0.1) is 5.92 Å². The van der Waals surface area contributed by atoms with Crippen LogP contribution < -0.4 is 27.4 Å². The first-order valence-corrected chi connectivity index (χ1v) is 11.5. The molecule has 0 bridgehead atoms. The second kappa shape index (κ2) is 14.2. The summed E-state index contributed by atoms with van der Waals surface area (Å²) >= 11 is 4.10. The number of benzene rings is 1. The van der Waals surface area contributed by atoms with Gasteiger partial charge in [-0.1, -0.05) is 26.0 Å². The number of carbonyl (C=O) groups is 5. The topological polar surface area (TPSA) is 214 Å². The lowest BCUT2D eigenvalue weighted by Crippen LogP contribution is -2.58. The predicted octanol–water partition coefficient (Wildman–Crippen LogP) is -1.35. The number of carbonyl (C=O) groups excluding carboxylic acids is 4. The first kappa shape index (κ1) is 29.7. The fraction of sp³-hybridized carbons (Fsp3) is 0.500. The van der Waals surface area contributed by atoms with Crippen molar-refractivity contribution in [2.45, 2.75) is 57.3 Å². The molecule has 0 aliphatic rings. The molecule has 35 heavy (non-hydrogen) atoms. The molecular formula is C22H33N5O7S.